The van der Waals surface area contributed by atoms with Gasteiger partial charge in [0.2, 0.25) is 5.89 Å². The van der Waals surface area contributed by atoms with Crippen molar-refractivity contribution in [1.29, 1.82) is 0 Å². The fraction of sp³-hybridized carbons (Fsp3) is 0.765. The first kappa shape index (κ1) is 16.5. The Morgan fingerprint density at radius 3 is 2.80 bits per heavy atom. The lowest BCUT2D eigenvalue weighted by molar-refractivity contribution is -0.133. The van der Waals surface area contributed by atoms with Crippen molar-refractivity contribution in [2.24, 2.45) is 5.92 Å². The summed E-state index contributed by atoms with van der Waals surface area (Å²) in [6, 6.07) is -0.278. The molecular formula is C17H25N5O3. The van der Waals surface area contributed by atoms with Crippen molar-refractivity contribution in [2.75, 3.05) is 19.6 Å². The van der Waals surface area contributed by atoms with Crippen LogP contribution in [-0.2, 0) is 11.3 Å². The fourth-order valence-corrected chi connectivity index (χ4v) is 3.98. The van der Waals surface area contributed by atoms with Gasteiger partial charge in [0, 0.05) is 24.9 Å². The third kappa shape index (κ3) is 2.92. The van der Waals surface area contributed by atoms with Gasteiger partial charge in [-0.2, -0.15) is 4.98 Å². The smallest absolute Gasteiger partial charge is 0.325 e. The zero-order valence-electron chi connectivity index (χ0n) is 14.8. The molecule has 2 aliphatic heterocycles. The molecule has 3 amide bonds. The van der Waals surface area contributed by atoms with E-state index in [0.29, 0.717) is 24.8 Å². The maximum Gasteiger partial charge on any atom is 0.325 e. The fourth-order valence-electron chi connectivity index (χ4n) is 3.98. The maximum atomic E-state index is 12.7. The summed E-state index contributed by atoms with van der Waals surface area (Å²) < 4.78 is 5.33. The van der Waals surface area contributed by atoms with Crippen molar-refractivity contribution in [3.05, 3.63) is 11.7 Å². The second-order valence-electron chi connectivity index (χ2n) is 7.58. The summed E-state index contributed by atoms with van der Waals surface area (Å²) in [7, 11) is 0. The zero-order chi connectivity index (χ0) is 17.6. The lowest BCUT2D eigenvalue weighted by Gasteiger charge is -2.39. The van der Waals surface area contributed by atoms with Gasteiger partial charge >= 0.3 is 6.03 Å². The second-order valence-corrected chi connectivity index (χ2v) is 7.58. The monoisotopic (exact) mass is 347 g/mol. The quantitative estimate of drug-likeness (QED) is 0.812. The van der Waals surface area contributed by atoms with Crippen molar-refractivity contribution in [3.63, 3.8) is 0 Å². The number of nitrogens with zero attached hydrogens (tertiary/aromatic N) is 4. The average molecular weight is 347 g/mol. The van der Waals surface area contributed by atoms with Crippen LogP contribution in [0.5, 0.6) is 0 Å². The van der Waals surface area contributed by atoms with Crippen molar-refractivity contribution in [3.8, 4) is 0 Å². The molecule has 3 aliphatic rings. The topological polar surface area (TPSA) is 91.6 Å². The van der Waals surface area contributed by atoms with Crippen LogP contribution in [0.1, 0.15) is 57.2 Å². The van der Waals surface area contributed by atoms with Gasteiger partial charge in [-0.15, -0.1) is 0 Å². The van der Waals surface area contributed by atoms with Gasteiger partial charge < -0.3 is 9.84 Å². The Kier molecular flexibility index (Phi) is 4.02. The van der Waals surface area contributed by atoms with E-state index in [9.17, 15) is 9.59 Å². The van der Waals surface area contributed by atoms with Crippen LogP contribution in [0.25, 0.3) is 0 Å². The minimum absolute atomic E-state index is 0.0871. The Morgan fingerprint density at radius 1 is 1.32 bits per heavy atom. The highest BCUT2D eigenvalue weighted by molar-refractivity contribution is 6.07. The molecule has 1 saturated carbocycles. The highest BCUT2D eigenvalue weighted by Gasteiger charge is 2.52. The Bertz CT molecular complexity index is 686. The predicted octanol–water partition coefficient (Wildman–Crippen LogP) is 1.49. The Morgan fingerprint density at radius 2 is 2.12 bits per heavy atom. The number of urea groups is 1. The van der Waals surface area contributed by atoms with Crippen LogP contribution >= 0.6 is 0 Å². The van der Waals surface area contributed by atoms with Crippen molar-refractivity contribution >= 4 is 11.9 Å². The molecular weight excluding hydrogens is 322 g/mol. The molecule has 1 aromatic heterocycles. The first-order valence-corrected chi connectivity index (χ1v) is 9.20. The number of rotatable bonds is 5. The Hall–Kier alpha value is -1.96. The van der Waals surface area contributed by atoms with Crippen molar-refractivity contribution in [2.45, 2.75) is 57.5 Å². The van der Waals surface area contributed by atoms with Gasteiger partial charge in [0.15, 0.2) is 5.82 Å². The molecule has 0 bridgehead atoms. The van der Waals surface area contributed by atoms with Crippen LogP contribution in [0.15, 0.2) is 4.52 Å². The lowest BCUT2D eigenvalue weighted by Crippen LogP contribution is -2.55. The standard InChI is InChI=1S/C17H25N5O3/c1-3-22-15(23)17(2,19-16(22)24)12-5-4-8-21(9-12)10-13-18-14(25-20-13)11-6-7-11/h11-12H,3-10H2,1-2H3,(H,19,24). The van der Waals surface area contributed by atoms with Crippen LogP contribution < -0.4 is 5.32 Å². The number of likely N-dealkylation sites (N-methyl/N-ethyl adjacent to an activating group) is 1. The highest BCUT2D eigenvalue weighted by atomic mass is 16.5. The lowest BCUT2D eigenvalue weighted by atomic mass is 9.80. The summed E-state index contributed by atoms with van der Waals surface area (Å²) in [5.74, 6) is 1.91. The zero-order valence-corrected chi connectivity index (χ0v) is 14.8. The largest absolute Gasteiger partial charge is 0.339 e. The molecule has 2 unspecified atom stereocenters. The molecule has 2 atom stereocenters. The van der Waals surface area contributed by atoms with Crippen molar-refractivity contribution in [1.82, 2.24) is 25.3 Å². The number of carbonyl (C=O) groups is 2. The van der Waals surface area contributed by atoms with Crippen LogP contribution in [-0.4, -0.2) is 57.1 Å². The molecule has 1 N–H and O–H groups in total. The summed E-state index contributed by atoms with van der Waals surface area (Å²) in [6.07, 6.45) is 4.20. The summed E-state index contributed by atoms with van der Waals surface area (Å²) in [5, 5.41) is 7.01. The number of piperidine rings is 1. The van der Waals surface area contributed by atoms with Gasteiger partial charge in [-0.3, -0.25) is 14.6 Å². The SMILES string of the molecule is CCN1C(=O)NC(C)(C2CCCN(Cc3noc(C4CC4)n3)C2)C1=O. The molecule has 2 saturated heterocycles. The predicted molar refractivity (Wildman–Crippen MR) is 88.6 cm³/mol. The van der Waals surface area contributed by atoms with E-state index in [1.54, 1.807) is 0 Å². The van der Waals surface area contributed by atoms with E-state index in [1.165, 1.54) is 4.90 Å². The summed E-state index contributed by atoms with van der Waals surface area (Å²) in [6.45, 7) is 6.40. The summed E-state index contributed by atoms with van der Waals surface area (Å²) >= 11 is 0. The van der Waals surface area contributed by atoms with E-state index in [0.717, 1.165) is 44.7 Å². The molecule has 1 aliphatic carbocycles. The van der Waals surface area contributed by atoms with E-state index in [4.69, 9.17) is 4.52 Å². The molecule has 0 aromatic carbocycles. The number of aromatic nitrogens is 2. The molecule has 1 aromatic rings. The van der Waals surface area contributed by atoms with Crippen LogP contribution in [0, 0.1) is 5.92 Å². The third-order valence-corrected chi connectivity index (χ3v) is 5.71. The molecule has 4 rings (SSSR count). The first-order chi connectivity index (χ1) is 12.0. The van der Waals surface area contributed by atoms with E-state index in [-0.39, 0.29) is 17.9 Å². The molecule has 3 fully saturated rings. The normalized spacial score (nSPS) is 30.8. The van der Waals surface area contributed by atoms with Gasteiger partial charge in [0.1, 0.15) is 5.54 Å². The highest BCUT2D eigenvalue weighted by Crippen LogP contribution is 2.39. The number of carbonyl (C=O) groups excluding carboxylic acids is 2. The summed E-state index contributed by atoms with van der Waals surface area (Å²) in [4.78, 5) is 32.8. The minimum atomic E-state index is -0.817. The van der Waals surface area contributed by atoms with E-state index < -0.39 is 5.54 Å². The molecule has 0 spiro atoms. The Balaban J connectivity index is 1.43. The molecule has 136 valence electrons. The van der Waals surface area contributed by atoms with Gasteiger partial charge in [0.05, 0.1) is 6.54 Å². The van der Waals surface area contributed by atoms with E-state index in [2.05, 4.69) is 20.4 Å². The molecule has 8 nitrogen and oxygen atoms in total. The number of hydrogen-bond acceptors (Lipinski definition) is 6. The van der Waals surface area contributed by atoms with Gasteiger partial charge in [-0.05, 0) is 46.1 Å². The number of hydrogen-bond donors (Lipinski definition) is 1. The van der Waals surface area contributed by atoms with Crippen LogP contribution in [0.4, 0.5) is 4.79 Å². The van der Waals surface area contributed by atoms with Gasteiger partial charge in [0.25, 0.3) is 5.91 Å². The third-order valence-electron chi connectivity index (χ3n) is 5.71. The van der Waals surface area contributed by atoms with E-state index >= 15 is 0 Å². The summed E-state index contributed by atoms with van der Waals surface area (Å²) in [5.41, 5.74) is -0.817. The molecule has 0 radical (unpaired) electrons. The van der Waals surface area contributed by atoms with Crippen LogP contribution in [0.2, 0.25) is 0 Å². The number of amides is 3. The number of likely N-dealkylation sites (tertiary alicyclic amines) is 1. The number of nitrogens with one attached hydrogen (secondary N) is 1. The van der Waals surface area contributed by atoms with Gasteiger partial charge in [-0.25, -0.2) is 4.79 Å². The molecule has 8 heteroatoms. The number of imide groups is 1. The van der Waals surface area contributed by atoms with Crippen LogP contribution in [0.3, 0.4) is 0 Å². The first-order valence-electron chi connectivity index (χ1n) is 9.20. The van der Waals surface area contributed by atoms with E-state index in [1.807, 2.05) is 13.8 Å². The molecule has 25 heavy (non-hydrogen) atoms. The second kappa shape index (κ2) is 6.09. The Labute approximate surface area is 146 Å². The minimum Gasteiger partial charge on any atom is -0.339 e. The van der Waals surface area contributed by atoms with Gasteiger partial charge in [-0.1, -0.05) is 5.16 Å². The van der Waals surface area contributed by atoms with Crippen molar-refractivity contribution < 1.29 is 14.1 Å². The molecule has 3 heterocycles. The maximum absolute atomic E-state index is 12.7. The average Bonchev–Trinajstić information content (AvgIpc) is 3.30.